The minimum absolute atomic E-state index is 0. The molecule has 0 rings (SSSR count). The molecule has 0 spiro atoms. The summed E-state index contributed by atoms with van der Waals surface area (Å²) in [5.41, 5.74) is 0. The van der Waals surface area contributed by atoms with Gasteiger partial charge in [-0.15, -0.1) is 10.6 Å². The molecule has 0 saturated carbocycles. The fourth-order valence-corrected chi connectivity index (χ4v) is 1.06. The van der Waals surface area contributed by atoms with E-state index in [0.717, 1.165) is 0 Å². The molecule has 0 saturated heterocycles. The topological polar surface area (TPSA) is 0 Å². The number of hydrogen-bond donors (Lipinski definition) is 0. The average Bonchev–Trinajstić information content (AvgIpc) is 1.41. The van der Waals surface area contributed by atoms with Crippen molar-refractivity contribution < 1.29 is 31.0 Å². The molecule has 0 aromatic carbocycles. The van der Waals surface area contributed by atoms with Crippen LogP contribution in [0.15, 0.2) is 0 Å². The van der Waals surface area contributed by atoms with Gasteiger partial charge in [-0.25, -0.2) is 0 Å². The Labute approximate surface area is 70.2 Å². The Balaban J connectivity index is -0.0000000800. The van der Waals surface area contributed by atoms with E-state index in [-0.39, 0.29) is 31.0 Å². The minimum Gasteiger partial charge on any atom is -1.00 e. The second-order valence-electron chi connectivity index (χ2n) is 1.35. The van der Waals surface area contributed by atoms with Gasteiger partial charge < -0.3 is 1.43 Å². The van der Waals surface area contributed by atoms with Crippen molar-refractivity contribution in [1.29, 1.82) is 0 Å². The molecular weight excluding hydrogens is 98.0 g/mol. The van der Waals surface area contributed by atoms with Crippen LogP contribution in [0.1, 0.15) is 15.3 Å². The predicted octanol–water partition coefficient (Wildman–Crippen LogP) is -1.58. The molecule has 0 aromatic heterocycles. The molecule has 0 bridgehead atoms. The van der Waals surface area contributed by atoms with Crippen LogP contribution in [0.25, 0.3) is 0 Å². The van der Waals surface area contributed by atoms with Gasteiger partial charge in [0.1, 0.15) is 0 Å². The van der Waals surface area contributed by atoms with Gasteiger partial charge in [0.05, 0.1) is 0 Å². The van der Waals surface area contributed by atoms with Crippen LogP contribution in [-0.2, 0) is 0 Å². The first-order valence-electron chi connectivity index (χ1n) is 2.41. The van der Waals surface area contributed by atoms with Crippen LogP contribution in [0.4, 0.5) is 0 Å². The third kappa shape index (κ3) is 9.11. The second kappa shape index (κ2) is 9.73. The van der Waals surface area contributed by atoms with E-state index in [0.29, 0.717) is 15.2 Å². The van der Waals surface area contributed by atoms with Crippen LogP contribution >= 0.6 is 0 Å². The van der Waals surface area contributed by atoms with Crippen molar-refractivity contribution in [1.82, 2.24) is 0 Å². The third-order valence-electron chi connectivity index (χ3n) is 0.707. The first-order valence-corrected chi connectivity index (χ1v) is 4.41. The van der Waals surface area contributed by atoms with Gasteiger partial charge in [-0.3, -0.25) is 0 Å². The predicted molar refractivity (Wildman–Crippen MR) is 29.2 cm³/mol. The Morgan fingerprint density at radius 2 is 1.67 bits per heavy atom. The molecule has 0 aliphatic rings. The van der Waals surface area contributed by atoms with Crippen LogP contribution in [-0.4, -0.2) is 15.2 Å². The maximum absolute atomic E-state index is 2.27. The van der Waals surface area contributed by atoms with E-state index in [1.807, 2.05) is 0 Å². The normalized spacial score (nSPS) is 6.33. The van der Waals surface area contributed by atoms with Gasteiger partial charge in [-0.2, -0.15) is 0 Å². The zero-order valence-electron chi connectivity index (χ0n) is 6.12. The molecule has 0 radical (unpaired) electrons. The SMILES string of the molecule is C[CH2][AlH][CH2]C.[H-].[Na+]. The summed E-state index contributed by atoms with van der Waals surface area (Å²) < 4.78 is 0. The van der Waals surface area contributed by atoms with E-state index in [9.17, 15) is 0 Å². The van der Waals surface area contributed by atoms with Gasteiger partial charge in [0.2, 0.25) is 15.2 Å². The van der Waals surface area contributed by atoms with Crippen molar-refractivity contribution in [2.75, 3.05) is 0 Å². The van der Waals surface area contributed by atoms with Crippen LogP contribution in [0.5, 0.6) is 0 Å². The molecule has 0 aliphatic carbocycles. The van der Waals surface area contributed by atoms with E-state index >= 15 is 0 Å². The fourth-order valence-electron chi connectivity index (χ4n) is 0.354. The molecule has 0 amide bonds. The summed E-state index contributed by atoms with van der Waals surface area (Å²) in [6.45, 7) is 4.55. The third-order valence-corrected chi connectivity index (χ3v) is 2.12. The Kier molecular flexibility index (Phi) is 17.0. The van der Waals surface area contributed by atoms with Gasteiger partial charge >= 0.3 is 29.6 Å². The quantitative estimate of drug-likeness (QED) is 0.376. The number of hydrogen-bond acceptors (Lipinski definition) is 0. The second-order valence-corrected chi connectivity index (χ2v) is 4.06. The van der Waals surface area contributed by atoms with Crippen LogP contribution in [0.2, 0.25) is 10.6 Å². The smallest absolute Gasteiger partial charge is 1.00 e. The van der Waals surface area contributed by atoms with E-state index in [4.69, 9.17) is 0 Å². The van der Waals surface area contributed by atoms with Gasteiger partial charge in [0.25, 0.3) is 0 Å². The maximum atomic E-state index is 2.27. The monoisotopic (exact) mass is 110 g/mol. The van der Waals surface area contributed by atoms with Gasteiger partial charge in [-0.1, -0.05) is 13.8 Å². The largest absolute Gasteiger partial charge is 1.00 e. The van der Waals surface area contributed by atoms with Crippen molar-refractivity contribution in [3.8, 4) is 0 Å². The Hall–Kier alpha value is 1.53. The number of rotatable bonds is 2. The van der Waals surface area contributed by atoms with Crippen LogP contribution in [0.3, 0.4) is 0 Å². The summed E-state index contributed by atoms with van der Waals surface area (Å²) in [5.74, 6) is 0. The molecule has 0 aromatic rings. The molecule has 0 N–H and O–H groups in total. The molecule has 0 aliphatic heterocycles. The Morgan fingerprint density at radius 1 is 1.33 bits per heavy atom. The summed E-state index contributed by atoms with van der Waals surface area (Å²) in [5, 5.41) is 2.97. The van der Waals surface area contributed by atoms with Crippen molar-refractivity contribution in [3.05, 3.63) is 0 Å². The molecule has 0 heterocycles. The summed E-state index contributed by atoms with van der Waals surface area (Å²) >= 11 is 0.432. The summed E-state index contributed by atoms with van der Waals surface area (Å²) in [4.78, 5) is 0. The zero-order chi connectivity index (χ0) is 4.12. The molecule has 32 valence electrons. The minimum atomic E-state index is 0. The van der Waals surface area contributed by atoms with Crippen molar-refractivity contribution in [2.45, 2.75) is 24.4 Å². The van der Waals surface area contributed by atoms with Crippen LogP contribution in [0, 0.1) is 0 Å². The molecular formula is C4H12AlNa. The van der Waals surface area contributed by atoms with Gasteiger partial charge in [0, 0.05) is 0 Å². The molecule has 0 unspecified atom stereocenters. The first kappa shape index (κ1) is 10.5. The van der Waals surface area contributed by atoms with Crippen molar-refractivity contribution in [2.24, 2.45) is 0 Å². The van der Waals surface area contributed by atoms with E-state index in [2.05, 4.69) is 13.8 Å². The Morgan fingerprint density at radius 3 is 1.67 bits per heavy atom. The fraction of sp³-hybridized carbons (Fsp3) is 1.00. The molecule has 0 nitrogen and oxygen atoms in total. The standard InChI is InChI=1S/2C2H5.Al.Na.2H/c2*1-2;;;;/h2*1H2,2H3;;;;/q;;;+1;;-1. The van der Waals surface area contributed by atoms with E-state index in [1.165, 1.54) is 10.6 Å². The van der Waals surface area contributed by atoms with E-state index < -0.39 is 0 Å². The molecule has 0 atom stereocenters. The average molecular weight is 110 g/mol. The summed E-state index contributed by atoms with van der Waals surface area (Å²) in [6.07, 6.45) is 0. The first-order chi connectivity index (χ1) is 2.41. The van der Waals surface area contributed by atoms with Crippen molar-refractivity contribution in [3.63, 3.8) is 0 Å². The molecule has 2 heteroatoms. The summed E-state index contributed by atoms with van der Waals surface area (Å²) in [6, 6.07) is 0. The van der Waals surface area contributed by atoms with Crippen molar-refractivity contribution >= 4 is 15.2 Å². The zero-order valence-corrected chi connectivity index (χ0v) is 8.54. The molecule has 0 fully saturated rings. The maximum Gasteiger partial charge on any atom is 1.00 e. The van der Waals surface area contributed by atoms with Crippen LogP contribution < -0.4 is 29.6 Å². The van der Waals surface area contributed by atoms with E-state index in [1.54, 1.807) is 0 Å². The Bertz CT molecular complexity index is 19.2. The molecule has 6 heavy (non-hydrogen) atoms. The summed E-state index contributed by atoms with van der Waals surface area (Å²) in [7, 11) is 0. The van der Waals surface area contributed by atoms with Gasteiger partial charge in [-0.05, 0) is 0 Å². The van der Waals surface area contributed by atoms with Gasteiger partial charge in [0.15, 0.2) is 0 Å².